The molecule has 0 bridgehead atoms. The van der Waals surface area contributed by atoms with Gasteiger partial charge in [0.1, 0.15) is 6.61 Å². The van der Waals surface area contributed by atoms with E-state index >= 15 is 0 Å². The van der Waals surface area contributed by atoms with Crippen molar-refractivity contribution in [3.63, 3.8) is 0 Å². The monoisotopic (exact) mass is 187 g/mol. The predicted molar refractivity (Wildman–Crippen MR) is 53.6 cm³/mol. The van der Waals surface area contributed by atoms with Gasteiger partial charge < -0.3 is 10.5 Å². The molecule has 2 N–H and O–H groups in total. The molecule has 0 atom stereocenters. The topological polar surface area (TPSA) is 52.3 Å². The zero-order valence-corrected chi connectivity index (χ0v) is 8.55. The van der Waals surface area contributed by atoms with Gasteiger partial charge in [-0.2, -0.15) is 0 Å². The van der Waals surface area contributed by atoms with Gasteiger partial charge in [-0.05, 0) is 6.42 Å². The van der Waals surface area contributed by atoms with Crippen LogP contribution in [0.3, 0.4) is 0 Å². The number of hydrogen-bond acceptors (Lipinski definition) is 3. The molecule has 3 heteroatoms. The molecule has 78 valence electrons. The Morgan fingerprint density at radius 1 is 1.31 bits per heavy atom. The van der Waals surface area contributed by atoms with Crippen molar-refractivity contribution < 1.29 is 9.53 Å². The molecule has 0 unspecified atom stereocenters. The smallest absolute Gasteiger partial charge is 0.158 e. The number of nitrogens with two attached hydrogens (primary N) is 1. The summed E-state index contributed by atoms with van der Waals surface area (Å²) in [5.74, 6) is 0.199. The molecule has 0 amide bonds. The van der Waals surface area contributed by atoms with Gasteiger partial charge in [0.15, 0.2) is 5.78 Å². The minimum Gasteiger partial charge on any atom is -0.372 e. The first-order chi connectivity index (χ1) is 6.31. The molecule has 0 radical (unpaired) electrons. The molecule has 0 rings (SSSR count). The van der Waals surface area contributed by atoms with Gasteiger partial charge in [0.05, 0.1) is 6.61 Å². The number of rotatable bonds is 9. The molecule has 0 aliphatic rings. The first-order valence-corrected chi connectivity index (χ1v) is 5.10. The van der Waals surface area contributed by atoms with Gasteiger partial charge in [-0.1, -0.05) is 26.2 Å². The normalized spacial score (nSPS) is 10.3. The fraction of sp³-hybridized carbons (Fsp3) is 0.900. The molecule has 3 nitrogen and oxygen atoms in total. The van der Waals surface area contributed by atoms with Crippen LogP contribution in [0, 0.1) is 0 Å². The molecular weight excluding hydrogens is 166 g/mol. The van der Waals surface area contributed by atoms with Gasteiger partial charge in [0.25, 0.3) is 0 Å². The van der Waals surface area contributed by atoms with Crippen LogP contribution in [0.5, 0.6) is 0 Å². The number of carbonyl (C=O) groups excluding carboxylic acids is 1. The van der Waals surface area contributed by atoms with Crippen molar-refractivity contribution in [1.29, 1.82) is 0 Å². The second-order valence-electron chi connectivity index (χ2n) is 3.19. The predicted octanol–water partition coefficient (Wildman–Crippen LogP) is 1.50. The highest BCUT2D eigenvalue weighted by molar-refractivity contribution is 5.79. The van der Waals surface area contributed by atoms with Gasteiger partial charge in [0, 0.05) is 13.0 Å². The molecule has 0 saturated heterocycles. The number of ether oxygens (including phenoxy) is 1. The van der Waals surface area contributed by atoms with Crippen molar-refractivity contribution in [2.24, 2.45) is 5.73 Å². The zero-order valence-electron chi connectivity index (χ0n) is 8.55. The Kier molecular flexibility index (Phi) is 9.37. The first kappa shape index (κ1) is 12.6. The Morgan fingerprint density at radius 3 is 2.69 bits per heavy atom. The minimum atomic E-state index is 0.199. The Morgan fingerprint density at radius 2 is 2.08 bits per heavy atom. The molecule has 0 aliphatic carbocycles. The maximum atomic E-state index is 11.1. The summed E-state index contributed by atoms with van der Waals surface area (Å²) in [6.45, 7) is 3.37. The Bertz CT molecular complexity index is 126. The maximum absolute atomic E-state index is 11.1. The summed E-state index contributed by atoms with van der Waals surface area (Å²) in [6, 6.07) is 0. The highest BCUT2D eigenvalue weighted by atomic mass is 16.5. The maximum Gasteiger partial charge on any atom is 0.158 e. The number of Topliss-reactive ketones (excluding diaryl/α,β-unsaturated/α-hetero) is 1. The van der Waals surface area contributed by atoms with Crippen LogP contribution < -0.4 is 5.73 Å². The highest BCUT2D eigenvalue weighted by Gasteiger charge is 2.00. The van der Waals surface area contributed by atoms with Crippen molar-refractivity contribution in [3.8, 4) is 0 Å². The molecule has 0 aromatic carbocycles. The van der Waals surface area contributed by atoms with Crippen LogP contribution in [-0.2, 0) is 9.53 Å². The van der Waals surface area contributed by atoms with Crippen molar-refractivity contribution in [2.75, 3.05) is 19.8 Å². The van der Waals surface area contributed by atoms with Crippen LogP contribution in [0.25, 0.3) is 0 Å². The van der Waals surface area contributed by atoms with Gasteiger partial charge in [0.2, 0.25) is 0 Å². The lowest BCUT2D eigenvalue weighted by Gasteiger charge is -2.01. The quantitative estimate of drug-likeness (QED) is 0.556. The zero-order chi connectivity index (χ0) is 9.94. The molecular formula is C10H21NO2. The summed E-state index contributed by atoms with van der Waals surface area (Å²) in [6.07, 6.45) is 5.23. The van der Waals surface area contributed by atoms with E-state index in [0.717, 1.165) is 12.8 Å². The first-order valence-electron chi connectivity index (χ1n) is 5.10. The van der Waals surface area contributed by atoms with Crippen molar-refractivity contribution in [3.05, 3.63) is 0 Å². The number of carbonyl (C=O) groups is 1. The summed E-state index contributed by atoms with van der Waals surface area (Å²) >= 11 is 0. The lowest BCUT2D eigenvalue weighted by atomic mass is 10.1. The van der Waals surface area contributed by atoms with E-state index in [1.807, 2.05) is 0 Å². The SMILES string of the molecule is CCCCCCC(=O)COCCN. The molecule has 0 aromatic rings. The third-order valence-electron chi connectivity index (χ3n) is 1.83. The summed E-state index contributed by atoms with van der Waals surface area (Å²) < 4.78 is 5.03. The Labute approximate surface area is 80.6 Å². The molecule has 0 aromatic heterocycles. The van der Waals surface area contributed by atoms with Gasteiger partial charge in [-0.3, -0.25) is 4.79 Å². The summed E-state index contributed by atoms with van der Waals surface area (Å²) in [5, 5.41) is 0. The fourth-order valence-corrected chi connectivity index (χ4v) is 1.09. The number of unbranched alkanes of at least 4 members (excludes halogenated alkanes) is 3. The van der Waals surface area contributed by atoms with Gasteiger partial charge in [-0.25, -0.2) is 0 Å². The van der Waals surface area contributed by atoms with Crippen LogP contribution in [0.2, 0.25) is 0 Å². The summed E-state index contributed by atoms with van der Waals surface area (Å²) in [4.78, 5) is 11.1. The van der Waals surface area contributed by atoms with Crippen LogP contribution >= 0.6 is 0 Å². The average Bonchev–Trinajstić information content (AvgIpc) is 2.13. The molecule has 0 aliphatic heterocycles. The van der Waals surface area contributed by atoms with Crippen molar-refractivity contribution in [1.82, 2.24) is 0 Å². The molecule has 0 saturated carbocycles. The molecule has 13 heavy (non-hydrogen) atoms. The van der Waals surface area contributed by atoms with E-state index in [1.54, 1.807) is 0 Å². The minimum absolute atomic E-state index is 0.199. The van der Waals surface area contributed by atoms with Crippen molar-refractivity contribution >= 4 is 5.78 Å². The van der Waals surface area contributed by atoms with Gasteiger partial charge in [-0.15, -0.1) is 0 Å². The van der Waals surface area contributed by atoms with Crippen LogP contribution in [0.4, 0.5) is 0 Å². The summed E-state index contributed by atoms with van der Waals surface area (Å²) in [7, 11) is 0. The second kappa shape index (κ2) is 9.68. The van der Waals surface area contributed by atoms with E-state index in [4.69, 9.17) is 10.5 Å². The standard InChI is InChI=1S/C10H21NO2/c1-2-3-4-5-6-10(12)9-13-8-7-11/h2-9,11H2,1H3. The average molecular weight is 187 g/mol. The second-order valence-corrected chi connectivity index (χ2v) is 3.19. The van der Waals surface area contributed by atoms with Gasteiger partial charge >= 0.3 is 0 Å². The highest BCUT2D eigenvalue weighted by Crippen LogP contribution is 2.02. The third-order valence-corrected chi connectivity index (χ3v) is 1.83. The summed E-state index contributed by atoms with van der Waals surface area (Å²) in [5.41, 5.74) is 5.22. The van der Waals surface area contributed by atoms with Crippen LogP contribution in [0.15, 0.2) is 0 Å². The lowest BCUT2D eigenvalue weighted by molar-refractivity contribution is -0.123. The lowest BCUT2D eigenvalue weighted by Crippen LogP contribution is -2.14. The van der Waals surface area contributed by atoms with E-state index in [2.05, 4.69) is 6.92 Å². The molecule has 0 heterocycles. The van der Waals surface area contributed by atoms with Crippen LogP contribution in [-0.4, -0.2) is 25.5 Å². The van der Waals surface area contributed by atoms with E-state index < -0.39 is 0 Å². The van der Waals surface area contributed by atoms with E-state index in [9.17, 15) is 4.79 Å². The Balaban J connectivity index is 3.11. The largest absolute Gasteiger partial charge is 0.372 e. The molecule has 0 spiro atoms. The third kappa shape index (κ3) is 9.50. The van der Waals surface area contributed by atoms with E-state index in [1.165, 1.54) is 12.8 Å². The van der Waals surface area contributed by atoms with Crippen molar-refractivity contribution in [2.45, 2.75) is 39.0 Å². The van der Waals surface area contributed by atoms with E-state index in [-0.39, 0.29) is 12.4 Å². The number of ketones is 1. The fourth-order valence-electron chi connectivity index (χ4n) is 1.09. The van der Waals surface area contributed by atoms with Crippen LogP contribution in [0.1, 0.15) is 39.0 Å². The molecule has 0 fully saturated rings. The Hall–Kier alpha value is -0.410. The number of hydrogen-bond donors (Lipinski definition) is 1. The van der Waals surface area contributed by atoms with E-state index in [0.29, 0.717) is 19.6 Å².